The molecule has 0 amide bonds. The van der Waals surface area contributed by atoms with E-state index in [1.165, 1.54) is 5.56 Å². The highest BCUT2D eigenvalue weighted by Crippen LogP contribution is 2.19. The van der Waals surface area contributed by atoms with Gasteiger partial charge < -0.3 is 25.2 Å². The van der Waals surface area contributed by atoms with E-state index in [0.717, 1.165) is 32.5 Å². The Morgan fingerprint density at radius 3 is 2.18 bits per heavy atom. The van der Waals surface area contributed by atoms with E-state index in [1.807, 2.05) is 13.0 Å². The van der Waals surface area contributed by atoms with Crippen molar-refractivity contribution in [1.82, 2.24) is 4.90 Å². The number of likely N-dealkylation sites (tertiary alicyclic amines) is 1. The zero-order valence-electron chi connectivity index (χ0n) is 15.7. The number of rotatable bonds is 7. The molecule has 1 aromatic rings. The van der Waals surface area contributed by atoms with Gasteiger partial charge in [-0.25, -0.2) is 9.59 Å². The fraction of sp³-hybridized carbons (Fsp3) is 0.526. The van der Waals surface area contributed by atoms with E-state index in [-0.39, 0.29) is 11.9 Å². The van der Waals surface area contributed by atoms with Crippen LogP contribution in [-0.2, 0) is 25.7 Å². The summed E-state index contributed by atoms with van der Waals surface area (Å²) in [6.07, 6.45) is -2.49. The van der Waals surface area contributed by atoms with Gasteiger partial charge in [0, 0.05) is 13.1 Å². The van der Waals surface area contributed by atoms with E-state index in [9.17, 15) is 14.4 Å². The number of piperidine rings is 1. The number of carbonyl (C=O) groups excluding carboxylic acids is 1. The van der Waals surface area contributed by atoms with Crippen molar-refractivity contribution in [2.75, 3.05) is 19.7 Å². The van der Waals surface area contributed by atoms with E-state index in [0.29, 0.717) is 6.61 Å². The van der Waals surface area contributed by atoms with Gasteiger partial charge in [-0.05, 0) is 31.9 Å². The van der Waals surface area contributed by atoms with E-state index < -0.39 is 24.1 Å². The molecule has 28 heavy (non-hydrogen) atoms. The zero-order chi connectivity index (χ0) is 21.1. The summed E-state index contributed by atoms with van der Waals surface area (Å²) >= 11 is 0. The molecule has 1 aliphatic rings. The number of hydrogen-bond donors (Lipinski definition) is 4. The Labute approximate surface area is 163 Å². The first-order chi connectivity index (χ1) is 13.3. The van der Waals surface area contributed by atoms with E-state index in [1.54, 1.807) is 0 Å². The summed E-state index contributed by atoms with van der Waals surface area (Å²) in [5.74, 6) is -3.51. The summed E-state index contributed by atoms with van der Waals surface area (Å²) in [5, 5.41) is 32.5. The Balaban J connectivity index is 0.000000336. The Bertz CT molecular complexity index is 618. The lowest BCUT2D eigenvalue weighted by atomic mass is 9.98. The van der Waals surface area contributed by atoms with Crippen LogP contribution < -0.4 is 0 Å². The second kappa shape index (κ2) is 12.1. The lowest BCUT2D eigenvalue weighted by Gasteiger charge is -2.31. The molecule has 1 heterocycles. The standard InChI is InChI=1S/C15H21NO2.C4H6O6/c1-2-18-15(17)14-9-6-10-16(12-14)11-13-7-4-3-5-8-13;5-1(3(7)8)2(6)4(9)10/h3-5,7-8,14H,2,6,9-12H2,1H3;1-2,5-6H,(H,7,8)(H,9,10)/t14-;/m0./s1. The van der Waals surface area contributed by atoms with Gasteiger partial charge in [0.1, 0.15) is 0 Å². The number of benzene rings is 1. The van der Waals surface area contributed by atoms with Crippen molar-refractivity contribution in [3.63, 3.8) is 0 Å². The van der Waals surface area contributed by atoms with Gasteiger partial charge in [-0.2, -0.15) is 0 Å². The van der Waals surface area contributed by atoms with Gasteiger partial charge in [0.05, 0.1) is 12.5 Å². The maximum absolute atomic E-state index is 11.7. The predicted molar refractivity (Wildman–Crippen MR) is 98.4 cm³/mol. The number of aliphatic carboxylic acids is 2. The van der Waals surface area contributed by atoms with E-state index in [2.05, 4.69) is 29.2 Å². The molecule has 156 valence electrons. The van der Waals surface area contributed by atoms with Crippen LogP contribution >= 0.6 is 0 Å². The highest BCUT2D eigenvalue weighted by atomic mass is 16.5. The van der Waals surface area contributed by atoms with Crippen molar-refractivity contribution in [2.45, 2.75) is 38.5 Å². The summed E-state index contributed by atoms with van der Waals surface area (Å²) in [4.78, 5) is 33.6. The van der Waals surface area contributed by atoms with Crippen LogP contribution in [0.3, 0.4) is 0 Å². The van der Waals surface area contributed by atoms with Gasteiger partial charge in [-0.15, -0.1) is 0 Å². The highest BCUT2D eigenvalue weighted by Gasteiger charge is 2.29. The van der Waals surface area contributed by atoms with Gasteiger partial charge in [0.2, 0.25) is 0 Å². The van der Waals surface area contributed by atoms with Crippen molar-refractivity contribution in [3.05, 3.63) is 35.9 Å². The molecule has 4 N–H and O–H groups in total. The van der Waals surface area contributed by atoms with Crippen LogP contribution in [0.25, 0.3) is 0 Å². The highest BCUT2D eigenvalue weighted by molar-refractivity contribution is 5.83. The number of carbonyl (C=O) groups is 3. The van der Waals surface area contributed by atoms with Gasteiger partial charge in [0.25, 0.3) is 0 Å². The van der Waals surface area contributed by atoms with Crippen molar-refractivity contribution >= 4 is 17.9 Å². The number of carboxylic acids is 2. The van der Waals surface area contributed by atoms with Crippen molar-refractivity contribution in [3.8, 4) is 0 Å². The summed E-state index contributed by atoms with van der Waals surface area (Å²) in [7, 11) is 0. The fourth-order valence-corrected chi connectivity index (χ4v) is 2.76. The first-order valence-corrected chi connectivity index (χ1v) is 9.00. The maximum atomic E-state index is 11.7. The molecular formula is C19H27NO8. The van der Waals surface area contributed by atoms with E-state index >= 15 is 0 Å². The van der Waals surface area contributed by atoms with Gasteiger partial charge in [-0.1, -0.05) is 30.3 Å². The Morgan fingerprint density at radius 1 is 1.11 bits per heavy atom. The average molecular weight is 397 g/mol. The number of esters is 1. The maximum Gasteiger partial charge on any atom is 0.335 e. The summed E-state index contributed by atoms with van der Waals surface area (Å²) in [6.45, 7) is 5.17. The van der Waals surface area contributed by atoms with Crippen molar-refractivity contribution in [2.24, 2.45) is 5.92 Å². The Morgan fingerprint density at radius 2 is 1.68 bits per heavy atom. The second-order valence-electron chi connectivity index (χ2n) is 6.38. The van der Waals surface area contributed by atoms with Crippen LogP contribution in [0.2, 0.25) is 0 Å². The minimum absolute atomic E-state index is 0.0322. The molecule has 0 aliphatic carbocycles. The number of carboxylic acid groups (broad SMARTS) is 2. The second-order valence-corrected chi connectivity index (χ2v) is 6.38. The molecule has 2 unspecified atom stereocenters. The van der Waals surface area contributed by atoms with E-state index in [4.69, 9.17) is 25.2 Å². The zero-order valence-corrected chi connectivity index (χ0v) is 15.7. The van der Waals surface area contributed by atoms with Crippen LogP contribution in [0.5, 0.6) is 0 Å². The molecule has 0 spiro atoms. The molecule has 0 aromatic heterocycles. The van der Waals surface area contributed by atoms with Crippen molar-refractivity contribution in [1.29, 1.82) is 0 Å². The predicted octanol–water partition coefficient (Wildman–Crippen LogP) is 0.339. The summed E-state index contributed by atoms with van der Waals surface area (Å²) in [6, 6.07) is 10.4. The number of nitrogens with zero attached hydrogens (tertiary/aromatic N) is 1. The Hall–Kier alpha value is -2.49. The number of hydrogen-bond acceptors (Lipinski definition) is 7. The molecule has 0 bridgehead atoms. The monoisotopic (exact) mass is 397 g/mol. The third-order valence-electron chi connectivity index (χ3n) is 4.18. The molecular weight excluding hydrogens is 370 g/mol. The van der Waals surface area contributed by atoms with Crippen LogP contribution in [0, 0.1) is 5.92 Å². The van der Waals surface area contributed by atoms with Crippen molar-refractivity contribution < 1.29 is 39.5 Å². The first kappa shape index (κ1) is 23.5. The molecule has 1 aliphatic heterocycles. The number of aliphatic hydroxyl groups is 2. The molecule has 0 radical (unpaired) electrons. The number of ether oxygens (including phenoxy) is 1. The largest absolute Gasteiger partial charge is 0.479 e. The normalized spacial score (nSPS) is 18.9. The molecule has 9 nitrogen and oxygen atoms in total. The topological polar surface area (TPSA) is 145 Å². The fourth-order valence-electron chi connectivity index (χ4n) is 2.76. The molecule has 1 saturated heterocycles. The summed E-state index contributed by atoms with van der Waals surface area (Å²) < 4.78 is 5.11. The van der Waals surface area contributed by atoms with Gasteiger partial charge in [0.15, 0.2) is 12.2 Å². The molecule has 2 rings (SSSR count). The molecule has 9 heteroatoms. The lowest BCUT2D eigenvalue weighted by Crippen LogP contribution is -2.39. The third-order valence-corrected chi connectivity index (χ3v) is 4.18. The van der Waals surface area contributed by atoms with Crippen LogP contribution in [-0.4, -0.2) is 75.1 Å². The quantitative estimate of drug-likeness (QED) is 0.479. The minimum atomic E-state index is -2.27. The molecule has 3 atom stereocenters. The molecule has 1 aromatic carbocycles. The Kier molecular flexibility index (Phi) is 10.1. The smallest absolute Gasteiger partial charge is 0.335 e. The SMILES string of the molecule is CCOC(=O)[C@H]1CCCN(Cc2ccccc2)C1.O=C(O)C(O)C(O)C(=O)O. The van der Waals surface area contributed by atoms with Gasteiger partial charge in [-0.3, -0.25) is 9.69 Å². The third kappa shape index (κ3) is 8.03. The average Bonchev–Trinajstić information content (AvgIpc) is 2.68. The van der Waals surface area contributed by atoms with Gasteiger partial charge >= 0.3 is 17.9 Å². The molecule has 0 saturated carbocycles. The van der Waals surface area contributed by atoms with Crippen LogP contribution in [0.15, 0.2) is 30.3 Å². The minimum Gasteiger partial charge on any atom is -0.479 e. The number of aliphatic hydroxyl groups excluding tert-OH is 2. The van der Waals surface area contributed by atoms with Crippen LogP contribution in [0.4, 0.5) is 0 Å². The lowest BCUT2D eigenvalue weighted by molar-refractivity contribution is -0.165. The summed E-state index contributed by atoms with van der Waals surface area (Å²) in [5.41, 5.74) is 1.31. The van der Waals surface area contributed by atoms with Crippen LogP contribution in [0.1, 0.15) is 25.3 Å². The molecule has 1 fully saturated rings. The first-order valence-electron chi connectivity index (χ1n) is 9.00.